The highest BCUT2D eigenvalue weighted by Gasteiger charge is 2.36. The van der Waals surface area contributed by atoms with Gasteiger partial charge in [0.25, 0.3) is 11.8 Å². The Morgan fingerprint density at radius 2 is 1.81 bits per heavy atom. The SMILES string of the molecule is O=C(CN1C(=O)c2ccccc2C1=O)Nc1cnn(CC2CCOCC2)c1. The van der Waals surface area contributed by atoms with Crippen molar-refractivity contribution in [1.29, 1.82) is 0 Å². The van der Waals surface area contributed by atoms with Gasteiger partial charge >= 0.3 is 0 Å². The van der Waals surface area contributed by atoms with E-state index >= 15 is 0 Å². The maximum Gasteiger partial charge on any atom is 0.262 e. The number of ether oxygens (including phenoxy) is 1. The minimum atomic E-state index is -0.444. The number of carbonyl (C=O) groups is 3. The number of nitrogens with one attached hydrogen (secondary N) is 1. The van der Waals surface area contributed by atoms with Gasteiger partial charge in [-0.15, -0.1) is 0 Å². The van der Waals surface area contributed by atoms with E-state index in [-0.39, 0.29) is 6.54 Å². The van der Waals surface area contributed by atoms with E-state index in [1.165, 1.54) is 0 Å². The van der Waals surface area contributed by atoms with Crippen LogP contribution in [-0.4, -0.2) is 52.2 Å². The van der Waals surface area contributed by atoms with Gasteiger partial charge < -0.3 is 10.1 Å². The molecule has 0 radical (unpaired) electrons. The summed E-state index contributed by atoms with van der Waals surface area (Å²) in [6.45, 7) is 2.00. The Kier molecular flexibility index (Phi) is 4.72. The predicted molar refractivity (Wildman–Crippen MR) is 96.2 cm³/mol. The van der Waals surface area contributed by atoms with E-state index < -0.39 is 17.7 Å². The Balaban J connectivity index is 1.35. The van der Waals surface area contributed by atoms with Crippen molar-refractivity contribution in [2.75, 3.05) is 25.1 Å². The fourth-order valence-corrected chi connectivity index (χ4v) is 3.45. The highest BCUT2D eigenvalue weighted by molar-refractivity contribution is 6.22. The van der Waals surface area contributed by atoms with Crippen molar-refractivity contribution < 1.29 is 19.1 Å². The number of fused-ring (bicyclic) bond motifs is 1. The standard InChI is InChI=1S/C19H20N4O4/c24-17(12-23-18(25)15-3-1-2-4-16(15)19(23)26)21-14-9-20-22(11-14)10-13-5-7-27-8-6-13/h1-4,9,11,13H,5-8,10,12H2,(H,21,24). The van der Waals surface area contributed by atoms with Gasteiger partial charge in [-0.1, -0.05) is 12.1 Å². The molecule has 0 aliphatic carbocycles. The van der Waals surface area contributed by atoms with Crippen LogP contribution in [-0.2, 0) is 16.1 Å². The minimum Gasteiger partial charge on any atom is -0.381 e. The summed E-state index contributed by atoms with van der Waals surface area (Å²) in [6, 6.07) is 6.57. The van der Waals surface area contributed by atoms with Crippen molar-refractivity contribution in [2.45, 2.75) is 19.4 Å². The number of anilines is 1. The molecule has 2 aliphatic rings. The van der Waals surface area contributed by atoms with E-state index in [0.717, 1.165) is 37.5 Å². The van der Waals surface area contributed by atoms with E-state index in [0.29, 0.717) is 22.7 Å². The Morgan fingerprint density at radius 3 is 2.48 bits per heavy atom. The third-order valence-corrected chi connectivity index (χ3v) is 4.88. The molecule has 1 aromatic carbocycles. The first-order valence-corrected chi connectivity index (χ1v) is 8.97. The molecule has 0 bridgehead atoms. The fourth-order valence-electron chi connectivity index (χ4n) is 3.45. The summed E-state index contributed by atoms with van der Waals surface area (Å²) in [5, 5.41) is 6.97. The molecule has 1 fully saturated rings. The predicted octanol–water partition coefficient (Wildman–Crippen LogP) is 1.54. The van der Waals surface area contributed by atoms with E-state index in [1.54, 1.807) is 41.3 Å². The molecule has 2 aromatic rings. The van der Waals surface area contributed by atoms with Crippen LogP contribution in [0.3, 0.4) is 0 Å². The molecule has 0 atom stereocenters. The van der Waals surface area contributed by atoms with Crippen molar-refractivity contribution in [3.63, 3.8) is 0 Å². The zero-order valence-electron chi connectivity index (χ0n) is 14.8. The molecule has 27 heavy (non-hydrogen) atoms. The van der Waals surface area contributed by atoms with Crippen LogP contribution in [0.25, 0.3) is 0 Å². The first kappa shape index (κ1) is 17.4. The molecule has 0 saturated carbocycles. The quantitative estimate of drug-likeness (QED) is 0.808. The lowest BCUT2D eigenvalue weighted by molar-refractivity contribution is -0.116. The normalized spacial score (nSPS) is 17.3. The summed E-state index contributed by atoms with van der Waals surface area (Å²) in [5.41, 5.74) is 1.21. The minimum absolute atomic E-state index is 0.322. The Bertz CT molecular complexity index is 850. The van der Waals surface area contributed by atoms with Gasteiger partial charge in [-0.3, -0.25) is 24.0 Å². The van der Waals surface area contributed by atoms with Gasteiger partial charge in [0, 0.05) is 26.0 Å². The summed E-state index contributed by atoms with van der Waals surface area (Å²) in [6.07, 6.45) is 5.33. The van der Waals surface area contributed by atoms with Crippen LogP contribution in [0.2, 0.25) is 0 Å². The van der Waals surface area contributed by atoms with E-state index in [1.807, 2.05) is 0 Å². The number of aromatic nitrogens is 2. The van der Waals surface area contributed by atoms with Gasteiger partial charge in [0.2, 0.25) is 5.91 Å². The van der Waals surface area contributed by atoms with Gasteiger partial charge in [-0.05, 0) is 30.9 Å². The summed E-state index contributed by atoms with van der Waals surface area (Å²) >= 11 is 0. The average molecular weight is 368 g/mol. The average Bonchev–Trinajstić information content (AvgIpc) is 3.21. The molecule has 1 aromatic heterocycles. The molecule has 8 heteroatoms. The molecule has 0 spiro atoms. The van der Waals surface area contributed by atoms with Crippen LogP contribution < -0.4 is 5.32 Å². The zero-order valence-corrected chi connectivity index (χ0v) is 14.8. The van der Waals surface area contributed by atoms with Crippen molar-refractivity contribution >= 4 is 23.4 Å². The molecule has 2 aliphatic heterocycles. The molecular weight excluding hydrogens is 348 g/mol. The van der Waals surface area contributed by atoms with Gasteiger partial charge in [-0.25, -0.2) is 0 Å². The number of benzene rings is 1. The Morgan fingerprint density at radius 1 is 1.15 bits per heavy atom. The molecule has 140 valence electrons. The first-order chi connectivity index (χ1) is 13.1. The molecule has 1 N–H and O–H groups in total. The first-order valence-electron chi connectivity index (χ1n) is 8.97. The van der Waals surface area contributed by atoms with Gasteiger partial charge in [-0.2, -0.15) is 5.10 Å². The van der Waals surface area contributed by atoms with Crippen LogP contribution in [0.1, 0.15) is 33.6 Å². The van der Waals surface area contributed by atoms with E-state index in [9.17, 15) is 14.4 Å². The van der Waals surface area contributed by atoms with Crippen molar-refractivity contribution in [2.24, 2.45) is 5.92 Å². The monoisotopic (exact) mass is 368 g/mol. The smallest absolute Gasteiger partial charge is 0.262 e. The molecule has 4 rings (SSSR count). The second kappa shape index (κ2) is 7.32. The fraction of sp³-hybridized carbons (Fsp3) is 0.368. The topological polar surface area (TPSA) is 93.5 Å². The second-order valence-electron chi connectivity index (χ2n) is 6.80. The maximum absolute atomic E-state index is 12.3. The number of amides is 3. The Hall–Kier alpha value is -3.00. The summed E-state index contributed by atoms with van der Waals surface area (Å²) in [5.74, 6) is -0.808. The van der Waals surface area contributed by atoms with Gasteiger partial charge in [0.05, 0.1) is 23.0 Å². The number of hydrogen-bond acceptors (Lipinski definition) is 5. The number of rotatable bonds is 5. The van der Waals surface area contributed by atoms with Gasteiger partial charge in [0.1, 0.15) is 6.54 Å². The summed E-state index contributed by atoms with van der Waals surface area (Å²) < 4.78 is 7.15. The summed E-state index contributed by atoms with van der Waals surface area (Å²) in [7, 11) is 0. The van der Waals surface area contributed by atoms with Gasteiger partial charge in [0.15, 0.2) is 0 Å². The third-order valence-electron chi connectivity index (χ3n) is 4.88. The molecule has 8 nitrogen and oxygen atoms in total. The zero-order chi connectivity index (χ0) is 18.8. The third kappa shape index (κ3) is 3.61. The lowest BCUT2D eigenvalue weighted by Crippen LogP contribution is -2.37. The van der Waals surface area contributed by atoms with E-state index in [2.05, 4.69) is 10.4 Å². The van der Waals surface area contributed by atoms with Crippen LogP contribution >= 0.6 is 0 Å². The number of nitrogens with zero attached hydrogens (tertiary/aromatic N) is 3. The van der Waals surface area contributed by atoms with Crippen molar-refractivity contribution in [3.05, 3.63) is 47.8 Å². The molecule has 0 unspecified atom stereocenters. The van der Waals surface area contributed by atoms with Crippen LogP contribution in [0.15, 0.2) is 36.7 Å². The lowest BCUT2D eigenvalue weighted by Gasteiger charge is -2.21. The summed E-state index contributed by atoms with van der Waals surface area (Å²) in [4.78, 5) is 37.9. The molecule has 3 amide bonds. The van der Waals surface area contributed by atoms with Crippen molar-refractivity contribution in [1.82, 2.24) is 14.7 Å². The van der Waals surface area contributed by atoms with E-state index in [4.69, 9.17) is 4.74 Å². The highest BCUT2D eigenvalue weighted by Crippen LogP contribution is 2.22. The van der Waals surface area contributed by atoms with Crippen LogP contribution in [0, 0.1) is 5.92 Å². The Labute approximate surface area is 156 Å². The van der Waals surface area contributed by atoms with Crippen molar-refractivity contribution in [3.8, 4) is 0 Å². The molecular formula is C19H20N4O4. The molecule has 1 saturated heterocycles. The van der Waals surface area contributed by atoms with Crippen LogP contribution in [0.5, 0.6) is 0 Å². The number of carbonyl (C=O) groups excluding carboxylic acids is 3. The largest absolute Gasteiger partial charge is 0.381 e. The highest BCUT2D eigenvalue weighted by atomic mass is 16.5. The molecule has 3 heterocycles. The number of imide groups is 1. The number of hydrogen-bond donors (Lipinski definition) is 1. The lowest BCUT2D eigenvalue weighted by atomic mass is 10.0. The van der Waals surface area contributed by atoms with Crippen LogP contribution in [0.4, 0.5) is 5.69 Å². The maximum atomic E-state index is 12.3. The second-order valence-corrected chi connectivity index (χ2v) is 6.80.